The molecule has 1 aromatic carbocycles. The first-order valence-electron chi connectivity index (χ1n) is 4.96. The molecule has 2 aromatic rings. The first-order valence-corrected chi connectivity index (χ1v) is 4.96. The molecule has 6 nitrogen and oxygen atoms in total. The number of hydrogen-bond acceptors (Lipinski definition) is 6. The number of hydrogen-bond donors (Lipinski definition) is 2. The highest BCUT2D eigenvalue weighted by Gasteiger charge is 2.08. The van der Waals surface area contributed by atoms with Gasteiger partial charge in [-0.3, -0.25) is 0 Å². The second kappa shape index (κ2) is 4.56. The summed E-state index contributed by atoms with van der Waals surface area (Å²) in [7, 11) is 0. The van der Waals surface area contributed by atoms with Crippen LogP contribution in [0.2, 0.25) is 0 Å². The molecule has 1 aromatic heterocycles. The molecule has 0 aliphatic carbocycles. The molecule has 0 saturated carbocycles. The fraction of sp³-hybridized carbons (Fsp3) is 0.0909. The molecule has 0 aliphatic heterocycles. The minimum Gasteiger partial charge on any atom is -0.492 e. The first kappa shape index (κ1) is 11.0. The fourth-order valence-electron chi connectivity index (χ4n) is 1.27. The lowest BCUT2D eigenvalue weighted by atomic mass is 10.3. The number of azo groups is 1. The molecule has 17 heavy (non-hydrogen) atoms. The van der Waals surface area contributed by atoms with E-state index < -0.39 is 0 Å². The SMILES string of the molecule is Cc1nc(N)c(/N=N/c2ccccc2)c(O)n1. The third-order valence-corrected chi connectivity index (χ3v) is 2.03. The predicted octanol–water partition coefficient (Wildman–Crippen LogP) is 2.49. The highest BCUT2D eigenvalue weighted by Crippen LogP contribution is 2.30. The minimum atomic E-state index is -0.269. The van der Waals surface area contributed by atoms with Crippen LogP contribution in [0.3, 0.4) is 0 Å². The highest BCUT2D eigenvalue weighted by atomic mass is 16.3. The molecule has 0 amide bonds. The summed E-state index contributed by atoms with van der Waals surface area (Å²) in [4.78, 5) is 7.66. The Morgan fingerprint density at radius 2 is 1.82 bits per heavy atom. The van der Waals surface area contributed by atoms with Gasteiger partial charge < -0.3 is 10.8 Å². The number of aromatic hydroxyl groups is 1. The summed E-state index contributed by atoms with van der Waals surface area (Å²) in [5.74, 6) is 0.225. The van der Waals surface area contributed by atoms with Gasteiger partial charge >= 0.3 is 0 Å². The first-order chi connectivity index (χ1) is 8.16. The van der Waals surface area contributed by atoms with Crippen molar-refractivity contribution >= 4 is 17.2 Å². The van der Waals surface area contributed by atoms with Gasteiger partial charge in [-0.2, -0.15) is 10.1 Å². The van der Waals surface area contributed by atoms with E-state index in [4.69, 9.17) is 5.73 Å². The van der Waals surface area contributed by atoms with Crippen LogP contribution < -0.4 is 5.73 Å². The van der Waals surface area contributed by atoms with E-state index in [9.17, 15) is 5.11 Å². The summed E-state index contributed by atoms with van der Waals surface area (Å²) in [5, 5.41) is 17.3. The van der Waals surface area contributed by atoms with Crippen molar-refractivity contribution in [2.24, 2.45) is 10.2 Å². The summed E-state index contributed by atoms with van der Waals surface area (Å²) >= 11 is 0. The Bertz CT molecular complexity index is 530. The van der Waals surface area contributed by atoms with Crippen LogP contribution in [0.15, 0.2) is 40.6 Å². The van der Waals surface area contributed by atoms with Gasteiger partial charge in [-0.05, 0) is 19.1 Å². The van der Waals surface area contributed by atoms with Crippen molar-refractivity contribution < 1.29 is 5.11 Å². The maximum Gasteiger partial charge on any atom is 0.245 e. The molecule has 6 heteroatoms. The van der Waals surface area contributed by atoms with Crippen molar-refractivity contribution in [2.75, 3.05) is 5.73 Å². The quantitative estimate of drug-likeness (QED) is 0.773. The molecule has 0 saturated heterocycles. The molecule has 0 unspecified atom stereocenters. The molecule has 0 fully saturated rings. The topological polar surface area (TPSA) is 96.8 Å². The molecule has 2 rings (SSSR count). The van der Waals surface area contributed by atoms with E-state index in [1.54, 1.807) is 19.1 Å². The van der Waals surface area contributed by atoms with Crippen LogP contribution in [-0.2, 0) is 0 Å². The zero-order valence-corrected chi connectivity index (χ0v) is 9.20. The predicted molar refractivity (Wildman–Crippen MR) is 63.5 cm³/mol. The van der Waals surface area contributed by atoms with Crippen LogP contribution in [0.5, 0.6) is 5.88 Å². The van der Waals surface area contributed by atoms with Crippen molar-refractivity contribution in [1.82, 2.24) is 9.97 Å². The monoisotopic (exact) mass is 229 g/mol. The van der Waals surface area contributed by atoms with Crippen LogP contribution >= 0.6 is 0 Å². The summed E-state index contributed by atoms with van der Waals surface area (Å²) < 4.78 is 0. The lowest BCUT2D eigenvalue weighted by molar-refractivity contribution is 0.452. The molecule has 86 valence electrons. The molecular formula is C11H11N5O. The van der Waals surface area contributed by atoms with Gasteiger partial charge in [0, 0.05) is 0 Å². The lowest BCUT2D eigenvalue weighted by Gasteiger charge is -2.01. The molecule has 1 heterocycles. The fourth-order valence-corrected chi connectivity index (χ4v) is 1.27. The average Bonchev–Trinajstić information content (AvgIpc) is 2.29. The molecule has 0 spiro atoms. The zero-order valence-electron chi connectivity index (χ0n) is 9.20. The number of benzene rings is 1. The second-order valence-corrected chi connectivity index (χ2v) is 3.36. The zero-order chi connectivity index (χ0) is 12.3. The number of nitrogens with zero attached hydrogens (tertiary/aromatic N) is 4. The van der Waals surface area contributed by atoms with Crippen molar-refractivity contribution in [2.45, 2.75) is 6.92 Å². The van der Waals surface area contributed by atoms with E-state index in [0.29, 0.717) is 11.5 Å². The van der Waals surface area contributed by atoms with E-state index >= 15 is 0 Å². The average molecular weight is 229 g/mol. The summed E-state index contributed by atoms with van der Waals surface area (Å²) in [6.45, 7) is 1.63. The van der Waals surface area contributed by atoms with Crippen molar-refractivity contribution in [3.05, 3.63) is 36.2 Å². The van der Waals surface area contributed by atoms with Gasteiger partial charge in [-0.15, -0.1) is 5.11 Å². The molecule has 0 aliphatic rings. The number of rotatable bonds is 2. The van der Waals surface area contributed by atoms with Gasteiger partial charge in [0.2, 0.25) is 5.88 Å². The Kier molecular flexibility index (Phi) is 2.95. The van der Waals surface area contributed by atoms with Gasteiger partial charge in [0.1, 0.15) is 5.82 Å². The Morgan fingerprint density at radius 3 is 2.47 bits per heavy atom. The van der Waals surface area contributed by atoms with Crippen LogP contribution in [0, 0.1) is 6.92 Å². The molecule has 0 radical (unpaired) electrons. The second-order valence-electron chi connectivity index (χ2n) is 3.36. The standard InChI is InChI=1S/C11H11N5O/c1-7-13-10(12)9(11(17)14-7)16-15-8-5-3-2-4-6-8/h2-6H,1H3,(H3,12,13,14,17)/b16-15+. The number of nitrogens with two attached hydrogens (primary N) is 1. The van der Waals surface area contributed by atoms with E-state index in [0.717, 1.165) is 0 Å². The maximum atomic E-state index is 9.57. The van der Waals surface area contributed by atoms with Crippen molar-refractivity contribution in [1.29, 1.82) is 0 Å². The normalized spacial score (nSPS) is 10.9. The Balaban J connectivity index is 2.34. The summed E-state index contributed by atoms with van der Waals surface area (Å²) in [6, 6.07) is 9.11. The maximum absolute atomic E-state index is 9.57. The van der Waals surface area contributed by atoms with Gasteiger partial charge in [0.05, 0.1) is 5.69 Å². The third-order valence-electron chi connectivity index (χ3n) is 2.03. The number of anilines is 1. The largest absolute Gasteiger partial charge is 0.492 e. The third kappa shape index (κ3) is 2.54. The van der Waals surface area contributed by atoms with Crippen LogP contribution in [0.4, 0.5) is 17.2 Å². The Hall–Kier alpha value is -2.50. The number of nitrogen functional groups attached to an aromatic ring is 1. The molecule has 3 N–H and O–H groups in total. The Morgan fingerprint density at radius 1 is 1.12 bits per heavy atom. The molecule has 0 atom stereocenters. The van der Waals surface area contributed by atoms with E-state index in [-0.39, 0.29) is 17.4 Å². The van der Waals surface area contributed by atoms with E-state index in [2.05, 4.69) is 20.2 Å². The van der Waals surface area contributed by atoms with Crippen LogP contribution in [0.1, 0.15) is 5.82 Å². The van der Waals surface area contributed by atoms with Crippen LogP contribution in [0.25, 0.3) is 0 Å². The van der Waals surface area contributed by atoms with Crippen molar-refractivity contribution in [3.63, 3.8) is 0 Å². The van der Waals surface area contributed by atoms with E-state index in [1.165, 1.54) is 0 Å². The van der Waals surface area contributed by atoms with Crippen LogP contribution in [-0.4, -0.2) is 15.1 Å². The van der Waals surface area contributed by atoms with Gasteiger partial charge in [-0.1, -0.05) is 18.2 Å². The summed E-state index contributed by atoms with van der Waals surface area (Å²) in [6.07, 6.45) is 0. The smallest absolute Gasteiger partial charge is 0.245 e. The van der Waals surface area contributed by atoms with Gasteiger partial charge in [-0.25, -0.2) is 4.98 Å². The van der Waals surface area contributed by atoms with E-state index in [1.807, 2.05) is 18.2 Å². The summed E-state index contributed by atoms with van der Waals surface area (Å²) in [5.41, 5.74) is 6.36. The number of aromatic nitrogens is 2. The minimum absolute atomic E-state index is 0.0828. The van der Waals surface area contributed by atoms with Gasteiger partial charge in [0.15, 0.2) is 11.5 Å². The lowest BCUT2D eigenvalue weighted by Crippen LogP contribution is -1.95. The molecular weight excluding hydrogens is 218 g/mol. The number of aryl methyl sites for hydroxylation is 1. The van der Waals surface area contributed by atoms with Gasteiger partial charge in [0.25, 0.3) is 0 Å². The molecule has 0 bridgehead atoms. The highest BCUT2D eigenvalue weighted by molar-refractivity contribution is 5.62. The Labute approximate surface area is 97.9 Å². The van der Waals surface area contributed by atoms with Crippen molar-refractivity contribution in [3.8, 4) is 5.88 Å².